The summed E-state index contributed by atoms with van der Waals surface area (Å²) in [5, 5.41) is 11.2. The smallest absolute Gasteiger partial charge is 0.261 e. The van der Waals surface area contributed by atoms with Gasteiger partial charge in [0, 0.05) is 56.4 Å². The number of carboxylic acid groups (broad SMARTS) is 1. The second-order valence-electron chi connectivity index (χ2n) is 4.04. The Hall–Kier alpha value is -0.124. The number of halogens is 2. The molecule has 0 heterocycles. The SMILES string of the molecule is O=C([O-])c1cccc(S(=O)(=O)Nc2cc(Cl)ccc2Cl)c1.[K]. The fourth-order valence-electron chi connectivity index (χ4n) is 1.57. The molecular weight excluding hydrogens is 376 g/mol. The van der Waals surface area contributed by atoms with Gasteiger partial charge in [0.25, 0.3) is 10.0 Å². The van der Waals surface area contributed by atoms with Crippen LogP contribution in [0.5, 0.6) is 0 Å². The summed E-state index contributed by atoms with van der Waals surface area (Å²) in [5.41, 5.74) is -0.141. The molecule has 0 bridgehead atoms. The number of carboxylic acids is 1. The van der Waals surface area contributed by atoms with E-state index in [2.05, 4.69) is 4.72 Å². The van der Waals surface area contributed by atoms with E-state index >= 15 is 0 Å². The van der Waals surface area contributed by atoms with Gasteiger partial charge in [-0.05, 0) is 35.9 Å². The van der Waals surface area contributed by atoms with Crippen LogP contribution in [0.3, 0.4) is 0 Å². The first-order valence-corrected chi connectivity index (χ1v) is 7.83. The largest absolute Gasteiger partial charge is 0.545 e. The third-order valence-electron chi connectivity index (χ3n) is 2.55. The number of anilines is 1. The van der Waals surface area contributed by atoms with Crippen molar-refractivity contribution in [3.8, 4) is 0 Å². The fraction of sp³-hybridized carbons (Fsp3) is 0. The number of carbonyl (C=O) groups is 1. The average molecular weight is 384 g/mol. The number of sulfonamides is 1. The molecule has 0 aliphatic carbocycles. The molecule has 1 N–H and O–H groups in total. The number of hydrogen-bond donors (Lipinski definition) is 1. The molecule has 2 aromatic rings. The van der Waals surface area contributed by atoms with Crippen molar-refractivity contribution in [2.75, 3.05) is 4.72 Å². The fourth-order valence-corrected chi connectivity index (χ4v) is 3.08. The van der Waals surface area contributed by atoms with Gasteiger partial charge in [-0.15, -0.1) is 0 Å². The van der Waals surface area contributed by atoms with Crippen molar-refractivity contribution in [3.05, 3.63) is 58.1 Å². The van der Waals surface area contributed by atoms with Gasteiger partial charge < -0.3 is 9.90 Å². The monoisotopic (exact) mass is 383 g/mol. The van der Waals surface area contributed by atoms with Crippen molar-refractivity contribution in [3.63, 3.8) is 0 Å². The minimum atomic E-state index is -3.99. The molecule has 0 aliphatic rings. The number of aromatic carboxylic acids is 1. The Labute approximate surface area is 180 Å². The van der Waals surface area contributed by atoms with Gasteiger partial charge in [0.2, 0.25) is 0 Å². The Morgan fingerprint density at radius 1 is 1.09 bits per heavy atom. The van der Waals surface area contributed by atoms with Crippen molar-refractivity contribution < 1.29 is 18.3 Å². The van der Waals surface area contributed by atoms with Gasteiger partial charge in [-0.2, -0.15) is 0 Å². The Bertz CT molecular complexity index is 811. The van der Waals surface area contributed by atoms with Crippen LogP contribution in [-0.4, -0.2) is 65.8 Å². The molecule has 5 nitrogen and oxygen atoms in total. The summed E-state index contributed by atoms with van der Waals surface area (Å²) in [6.07, 6.45) is 0. The summed E-state index contributed by atoms with van der Waals surface area (Å²) in [6, 6.07) is 9.10. The van der Waals surface area contributed by atoms with Crippen molar-refractivity contribution in [2.24, 2.45) is 0 Å². The van der Waals surface area contributed by atoms with Crippen LogP contribution in [0, 0.1) is 0 Å². The first-order valence-electron chi connectivity index (χ1n) is 5.59. The standard InChI is InChI=1S/C13H9Cl2NO4S.K/c14-9-4-5-11(15)12(7-9)16-21(19,20)10-3-1-2-8(6-10)13(17)18;/h1-7,16H,(H,17,18);/p-1. The summed E-state index contributed by atoms with van der Waals surface area (Å²) in [6.45, 7) is 0. The van der Waals surface area contributed by atoms with E-state index < -0.39 is 16.0 Å². The number of nitrogens with one attached hydrogen (secondary N) is 1. The van der Waals surface area contributed by atoms with Crippen molar-refractivity contribution in [1.29, 1.82) is 0 Å². The van der Waals surface area contributed by atoms with E-state index in [1.54, 1.807) is 0 Å². The molecule has 0 unspecified atom stereocenters. The first-order chi connectivity index (χ1) is 9.79. The maximum atomic E-state index is 12.2. The Morgan fingerprint density at radius 2 is 1.77 bits per heavy atom. The molecule has 22 heavy (non-hydrogen) atoms. The topological polar surface area (TPSA) is 86.3 Å². The van der Waals surface area contributed by atoms with Crippen molar-refractivity contribution in [2.45, 2.75) is 4.90 Å². The van der Waals surface area contributed by atoms with Crippen LogP contribution in [0.1, 0.15) is 10.4 Å². The Kier molecular flexibility index (Phi) is 7.35. The van der Waals surface area contributed by atoms with E-state index in [-0.39, 0.29) is 72.6 Å². The van der Waals surface area contributed by atoms with Crippen LogP contribution in [-0.2, 0) is 10.0 Å². The number of rotatable bonds is 4. The van der Waals surface area contributed by atoms with Crippen LogP contribution in [0.15, 0.2) is 47.4 Å². The van der Waals surface area contributed by atoms with Crippen molar-refractivity contribution in [1.82, 2.24) is 0 Å². The molecule has 9 heteroatoms. The molecule has 0 spiro atoms. The Balaban J connectivity index is 0.00000242. The molecule has 0 amide bonds. The molecule has 0 saturated heterocycles. The minimum Gasteiger partial charge on any atom is -0.545 e. The van der Waals surface area contributed by atoms with E-state index in [9.17, 15) is 18.3 Å². The van der Waals surface area contributed by atoms with Gasteiger partial charge in [-0.25, -0.2) is 8.42 Å². The van der Waals surface area contributed by atoms with E-state index in [1.165, 1.54) is 36.4 Å². The van der Waals surface area contributed by atoms with Crippen molar-refractivity contribution >= 4 is 96.3 Å². The quantitative estimate of drug-likeness (QED) is 0.815. The number of hydrogen-bond acceptors (Lipinski definition) is 4. The number of benzene rings is 2. The maximum Gasteiger partial charge on any atom is 0.261 e. The van der Waals surface area contributed by atoms with Gasteiger partial charge in [-0.1, -0.05) is 35.3 Å². The number of carbonyl (C=O) groups excluding carboxylic acids is 1. The predicted molar refractivity (Wildman–Crippen MR) is 83.8 cm³/mol. The summed E-state index contributed by atoms with van der Waals surface area (Å²) in [4.78, 5) is 10.6. The van der Waals surface area contributed by atoms with Crippen LogP contribution in [0.4, 0.5) is 5.69 Å². The second kappa shape index (κ2) is 8.12. The third-order valence-corrected chi connectivity index (χ3v) is 4.48. The molecule has 0 saturated carbocycles. The zero-order valence-electron chi connectivity index (χ0n) is 11.3. The zero-order valence-corrected chi connectivity index (χ0v) is 16.8. The summed E-state index contributed by atoms with van der Waals surface area (Å²) >= 11 is 11.7. The van der Waals surface area contributed by atoms with E-state index in [1.807, 2.05) is 0 Å². The molecule has 111 valence electrons. The predicted octanol–water partition coefficient (Wildman–Crippen LogP) is 1.78. The van der Waals surface area contributed by atoms with Crippen LogP contribution in [0.25, 0.3) is 0 Å². The summed E-state index contributed by atoms with van der Waals surface area (Å²) in [5.74, 6) is -1.46. The molecule has 1 radical (unpaired) electrons. The maximum absolute atomic E-state index is 12.2. The molecular formula is C13H8Cl2KNO4S-. The van der Waals surface area contributed by atoms with E-state index in [0.717, 1.165) is 6.07 Å². The molecule has 0 atom stereocenters. The second-order valence-corrected chi connectivity index (χ2v) is 6.57. The van der Waals surface area contributed by atoms with Gasteiger partial charge in [0.1, 0.15) is 0 Å². The van der Waals surface area contributed by atoms with Crippen LogP contribution < -0.4 is 9.83 Å². The molecule has 0 aromatic heterocycles. The van der Waals surface area contributed by atoms with Gasteiger partial charge >= 0.3 is 0 Å². The van der Waals surface area contributed by atoms with Gasteiger partial charge in [-0.3, -0.25) is 4.72 Å². The van der Waals surface area contributed by atoms with Gasteiger partial charge in [0.05, 0.1) is 21.6 Å². The van der Waals surface area contributed by atoms with Crippen LogP contribution in [0.2, 0.25) is 10.0 Å². The molecule has 2 aromatic carbocycles. The summed E-state index contributed by atoms with van der Waals surface area (Å²) < 4.78 is 26.7. The minimum absolute atomic E-state index is 0. The zero-order chi connectivity index (χ0) is 15.6. The molecule has 0 aliphatic heterocycles. The average Bonchev–Trinajstić information content (AvgIpc) is 2.43. The Morgan fingerprint density at radius 3 is 2.41 bits per heavy atom. The molecule has 2 rings (SSSR count). The molecule has 0 fully saturated rings. The first kappa shape index (κ1) is 19.9. The summed E-state index contributed by atoms with van der Waals surface area (Å²) in [7, 11) is -3.99. The van der Waals surface area contributed by atoms with Crippen LogP contribution >= 0.6 is 23.2 Å². The van der Waals surface area contributed by atoms with E-state index in [0.29, 0.717) is 5.02 Å². The van der Waals surface area contributed by atoms with E-state index in [4.69, 9.17) is 23.2 Å². The van der Waals surface area contributed by atoms with Gasteiger partial charge in [0.15, 0.2) is 0 Å². The normalized spacial score (nSPS) is 10.6. The third kappa shape index (κ3) is 4.94.